The van der Waals surface area contributed by atoms with Crippen molar-refractivity contribution in [3.63, 3.8) is 0 Å². The fraction of sp³-hybridized carbons (Fsp3) is 0.108. The Labute approximate surface area is 458 Å². The Morgan fingerprint density at radius 1 is 0.308 bits per heavy atom. The molecule has 0 atom stereocenters. The highest BCUT2D eigenvalue weighted by molar-refractivity contribution is 7.00. The zero-order valence-electron chi connectivity index (χ0n) is 44.6. The minimum atomic E-state index is -0.0991. The molecule has 0 N–H and O–H groups in total. The third-order valence-corrected chi connectivity index (χ3v) is 17.6. The summed E-state index contributed by atoms with van der Waals surface area (Å²) in [6.07, 6.45) is 2.38. The molecule has 0 saturated heterocycles. The van der Waals surface area contributed by atoms with E-state index in [-0.39, 0.29) is 17.5 Å². The molecule has 3 nitrogen and oxygen atoms in total. The third-order valence-electron chi connectivity index (χ3n) is 17.6. The van der Waals surface area contributed by atoms with E-state index in [1.165, 1.54) is 129 Å². The van der Waals surface area contributed by atoms with Crippen molar-refractivity contribution in [3.8, 4) is 50.2 Å². The Hall–Kier alpha value is -9.12. The Bertz CT molecular complexity index is 4250. The summed E-state index contributed by atoms with van der Waals surface area (Å²) in [5, 5.41) is 2.48. The molecule has 2 aliphatic heterocycles. The molecule has 0 unspecified atom stereocenters. The average Bonchev–Trinajstić information content (AvgIpc) is 3.84. The SMILES string of the molecule is CC1(C)CCC(C)(C)c2cc(-c3ccc(N4c5ccc(-c6ccccc6)cc5B5c6cc(-c7ccccc7)ccc6N(c6ccc(-c7ccccc7)cc6)c6cc(-n7c8ccccc8c8ccccc87)cc4c65)cc3)ccc21. The van der Waals surface area contributed by atoms with Gasteiger partial charge in [-0.25, -0.2) is 0 Å². The number of para-hydroxylation sites is 2. The van der Waals surface area contributed by atoms with Gasteiger partial charge in [-0.1, -0.05) is 222 Å². The van der Waals surface area contributed by atoms with Crippen LogP contribution in [0.15, 0.2) is 255 Å². The predicted octanol–water partition coefficient (Wildman–Crippen LogP) is 17.9. The second kappa shape index (κ2) is 17.7. The second-order valence-electron chi connectivity index (χ2n) is 23.1. The van der Waals surface area contributed by atoms with Crippen LogP contribution >= 0.6 is 0 Å². The number of aromatic nitrogens is 1. The van der Waals surface area contributed by atoms with Crippen molar-refractivity contribution in [1.29, 1.82) is 0 Å². The highest BCUT2D eigenvalue weighted by atomic mass is 15.2. The number of hydrogen-bond acceptors (Lipinski definition) is 2. The maximum absolute atomic E-state index is 2.57. The molecule has 0 radical (unpaired) electrons. The van der Waals surface area contributed by atoms with Crippen molar-refractivity contribution in [3.05, 3.63) is 266 Å². The maximum atomic E-state index is 2.57. The van der Waals surface area contributed by atoms with E-state index in [0.29, 0.717) is 0 Å². The minimum Gasteiger partial charge on any atom is -0.311 e. The smallest absolute Gasteiger partial charge is 0.252 e. The molecule has 0 saturated carbocycles. The molecule has 0 spiro atoms. The van der Waals surface area contributed by atoms with Crippen LogP contribution < -0.4 is 26.2 Å². The van der Waals surface area contributed by atoms with E-state index in [4.69, 9.17) is 0 Å². The highest BCUT2D eigenvalue weighted by Crippen LogP contribution is 2.50. The van der Waals surface area contributed by atoms with E-state index in [1.807, 2.05) is 0 Å². The summed E-state index contributed by atoms with van der Waals surface area (Å²) in [5.41, 5.74) is 27.2. The van der Waals surface area contributed by atoms with Crippen LogP contribution in [0.1, 0.15) is 51.7 Å². The van der Waals surface area contributed by atoms with Crippen molar-refractivity contribution in [2.75, 3.05) is 9.80 Å². The van der Waals surface area contributed by atoms with Crippen LogP contribution in [0.25, 0.3) is 72.0 Å². The predicted molar refractivity (Wildman–Crippen MR) is 332 cm³/mol. The van der Waals surface area contributed by atoms with Gasteiger partial charge >= 0.3 is 0 Å². The van der Waals surface area contributed by atoms with Crippen LogP contribution in [0.3, 0.4) is 0 Å². The Kier molecular flexibility index (Phi) is 10.5. The molecule has 12 aromatic rings. The fourth-order valence-corrected chi connectivity index (χ4v) is 13.5. The molecule has 11 aromatic carbocycles. The highest BCUT2D eigenvalue weighted by Gasteiger charge is 2.44. The fourth-order valence-electron chi connectivity index (χ4n) is 13.5. The summed E-state index contributed by atoms with van der Waals surface area (Å²) >= 11 is 0. The zero-order chi connectivity index (χ0) is 52.3. The van der Waals surface area contributed by atoms with Gasteiger partial charge in [0, 0.05) is 44.9 Å². The Morgan fingerprint density at radius 3 is 1.17 bits per heavy atom. The molecule has 4 heteroatoms. The maximum Gasteiger partial charge on any atom is 0.252 e. The Balaban J connectivity index is 1.01. The number of benzene rings is 11. The molecule has 3 heterocycles. The van der Waals surface area contributed by atoms with Crippen molar-refractivity contribution in [2.45, 2.75) is 51.4 Å². The topological polar surface area (TPSA) is 11.4 Å². The number of hydrogen-bond donors (Lipinski definition) is 0. The summed E-state index contributed by atoms with van der Waals surface area (Å²) in [4.78, 5) is 5.12. The van der Waals surface area contributed by atoms with E-state index in [1.54, 1.807) is 0 Å². The first kappa shape index (κ1) is 46.2. The number of fused-ring (bicyclic) bond motifs is 8. The van der Waals surface area contributed by atoms with Gasteiger partial charge in [0.1, 0.15) is 0 Å². The monoisotopic (exact) mass is 999 g/mol. The van der Waals surface area contributed by atoms with Crippen molar-refractivity contribution >= 4 is 79.0 Å². The van der Waals surface area contributed by atoms with Gasteiger partial charge < -0.3 is 14.4 Å². The molecule has 3 aliphatic rings. The molecule has 0 bridgehead atoms. The quantitative estimate of drug-likeness (QED) is 0.147. The van der Waals surface area contributed by atoms with Crippen LogP contribution in [-0.4, -0.2) is 11.3 Å². The summed E-state index contributed by atoms with van der Waals surface area (Å²) < 4.78 is 2.50. The van der Waals surface area contributed by atoms with Gasteiger partial charge in [-0.05, 0) is 156 Å². The number of nitrogens with zero attached hydrogens (tertiary/aromatic N) is 3. The molecule has 15 rings (SSSR count). The van der Waals surface area contributed by atoms with Gasteiger partial charge in [0.15, 0.2) is 0 Å². The van der Waals surface area contributed by atoms with Gasteiger partial charge in [-0.15, -0.1) is 0 Å². The summed E-state index contributed by atoms with van der Waals surface area (Å²) in [5.74, 6) is 0. The molecular weight excluding hydrogens is 942 g/mol. The van der Waals surface area contributed by atoms with Crippen LogP contribution in [0.4, 0.5) is 34.1 Å². The standard InChI is InChI=1S/C74H58BN3/c1-73(2)42-43-74(3,4)63-44-54(32-39-62(63)73)53-30-37-58(38-31-53)77-69-41-34-56(51-22-12-7-13-23-51)46-65(69)75-64-45-55(50-20-10-6-11-21-50)33-40-68(64)76(57-35-28-52(29-36-57)49-18-8-5-9-19-49)70-47-59(48-71(77)72(70)75)78-66-26-16-14-24-60(66)61-25-15-17-27-67(61)78/h5-41,44-48H,42-43H2,1-4H3. The van der Waals surface area contributed by atoms with Gasteiger partial charge in [0.25, 0.3) is 6.71 Å². The molecule has 78 heavy (non-hydrogen) atoms. The molecule has 1 aromatic heterocycles. The minimum absolute atomic E-state index is 0.0991. The van der Waals surface area contributed by atoms with E-state index in [2.05, 4.69) is 297 Å². The Morgan fingerprint density at radius 2 is 0.679 bits per heavy atom. The van der Waals surface area contributed by atoms with E-state index in [0.717, 1.165) is 17.1 Å². The van der Waals surface area contributed by atoms with Crippen molar-refractivity contribution in [1.82, 2.24) is 4.57 Å². The van der Waals surface area contributed by atoms with Gasteiger partial charge in [0.2, 0.25) is 0 Å². The molecule has 0 fully saturated rings. The second-order valence-corrected chi connectivity index (χ2v) is 23.1. The van der Waals surface area contributed by atoms with Crippen LogP contribution in [-0.2, 0) is 10.8 Å². The van der Waals surface area contributed by atoms with Gasteiger partial charge in [0.05, 0.1) is 16.7 Å². The van der Waals surface area contributed by atoms with Crippen molar-refractivity contribution in [2.24, 2.45) is 0 Å². The van der Waals surface area contributed by atoms with Crippen molar-refractivity contribution < 1.29 is 0 Å². The lowest BCUT2D eigenvalue weighted by Crippen LogP contribution is -2.61. The first-order valence-electron chi connectivity index (χ1n) is 27.7. The van der Waals surface area contributed by atoms with Crippen LogP contribution in [0.2, 0.25) is 0 Å². The van der Waals surface area contributed by atoms with Crippen LogP contribution in [0, 0.1) is 0 Å². The molecule has 372 valence electrons. The van der Waals surface area contributed by atoms with E-state index < -0.39 is 0 Å². The summed E-state index contributed by atoms with van der Waals surface area (Å²) in [7, 11) is 0. The molecule has 0 amide bonds. The lowest BCUT2D eigenvalue weighted by Gasteiger charge is -2.44. The van der Waals surface area contributed by atoms with E-state index >= 15 is 0 Å². The first-order chi connectivity index (χ1) is 38.2. The lowest BCUT2D eigenvalue weighted by molar-refractivity contribution is 0.332. The van der Waals surface area contributed by atoms with Gasteiger partial charge in [-0.2, -0.15) is 0 Å². The average molecular weight is 1000 g/mol. The summed E-state index contributed by atoms with van der Waals surface area (Å²) in [6, 6.07) is 95.6. The van der Waals surface area contributed by atoms with E-state index in [9.17, 15) is 0 Å². The van der Waals surface area contributed by atoms with Crippen LogP contribution in [0.5, 0.6) is 0 Å². The molecular formula is C74H58BN3. The third kappa shape index (κ3) is 7.34. The lowest BCUT2D eigenvalue weighted by atomic mass is 9.33. The first-order valence-corrected chi connectivity index (χ1v) is 27.7. The van der Waals surface area contributed by atoms with Gasteiger partial charge in [-0.3, -0.25) is 0 Å². The normalized spacial score (nSPS) is 14.7. The zero-order valence-corrected chi connectivity index (χ0v) is 44.6. The number of rotatable bonds is 7. The number of anilines is 6. The largest absolute Gasteiger partial charge is 0.311 e. The summed E-state index contributed by atoms with van der Waals surface area (Å²) in [6.45, 7) is 9.58. The molecule has 1 aliphatic carbocycles.